The Labute approximate surface area is 74.0 Å². The van der Waals surface area contributed by atoms with Gasteiger partial charge in [-0.05, 0) is 6.92 Å². The lowest BCUT2D eigenvalue weighted by Gasteiger charge is -1.68. The van der Waals surface area contributed by atoms with Crippen molar-refractivity contribution in [3.63, 3.8) is 0 Å². The van der Waals surface area contributed by atoms with Crippen LogP contribution < -0.4 is 0 Å². The van der Waals surface area contributed by atoms with E-state index in [4.69, 9.17) is 0 Å². The lowest BCUT2D eigenvalue weighted by molar-refractivity contribution is 0.886. The van der Waals surface area contributed by atoms with E-state index in [2.05, 4.69) is 33.6 Å². The third-order valence-corrected chi connectivity index (χ3v) is 0.500. The van der Waals surface area contributed by atoms with Crippen LogP contribution >= 0.6 is 0 Å². The second-order valence-corrected chi connectivity index (χ2v) is 1.41. The van der Waals surface area contributed by atoms with Gasteiger partial charge in [0.15, 0.2) is 0 Å². The van der Waals surface area contributed by atoms with Crippen LogP contribution in [0.3, 0.4) is 0 Å². The molecule has 0 aromatic rings. The van der Waals surface area contributed by atoms with Gasteiger partial charge in [-0.1, -0.05) is 46.6 Å². The van der Waals surface area contributed by atoms with E-state index >= 15 is 0 Å². The highest BCUT2D eigenvalue weighted by Gasteiger charge is 1.56. The molecule has 0 nitrogen and oxygen atoms in total. The first-order chi connectivity index (χ1) is 5.33. The van der Waals surface area contributed by atoms with Crippen LogP contribution in [-0.2, 0) is 0 Å². The van der Waals surface area contributed by atoms with Crippen LogP contribution in [0.1, 0.15) is 47.5 Å². The SMILES string of the molecule is C=C.C=CC.CC.CCCC. The summed E-state index contributed by atoms with van der Waals surface area (Å²) >= 11 is 0. The van der Waals surface area contributed by atoms with Crippen molar-refractivity contribution in [2.24, 2.45) is 0 Å². The zero-order chi connectivity index (χ0) is 10.1. The van der Waals surface area contributed by atoms with Gasteiger partial charge in [0, 0.05) is 0 Å². The molecule has 0 saturated heterocycles. The van der Waals surface area contributed by atoms with Crippen molar-refractivity contribution in [2.45, 2.75) is 47.5 Å². The van der Waals surface area contributed by atoms with Crippen LogP contribution in [0.15, 0.2) is 25.8 Å². The maximum atomic E-state index is 3.36. The van der Waals surface area contributed by atoms with Crippen molar-refractivity contribution in [1.29, 1.82) is 0 Å². The van der Waals surface area contributed by atoms with E-state index in [1.807, 2.05) is 20.8 Å². The quantitative estimate of drug-likeness (QED) is 0.480. The highest BCUT2D eigenvalue weighted by Crippen LogP contribution is 1.76. The fraction of sp³-hybridized carbons (Fsp3) is 0.636. The summed E-state index contributed by atoms with van der Waals surface area (Å²) in [7, 11) is 0. The van der Waals surface area contributed by atoms with E-state index < -0.39 is 0 Å². The molecule has 0 heteroatoms. The van der Waals surface area contributed by atoms with Crippen LogP contribution in [0.5, 0.6) is 0 Å². The van der Waals surface area contributed by atoms with Gasteiger partial charge in [0.05, 0.1) is 0 Å². The standard InChI is InChI=1S/C4H10.C3H6.C2H6.C2H4/c1-3-4-2;1-3-2;2*1-2/h3-4H2,1-2H3;3H,1H2,2H3;1-2H3;1-2H2. The summed E-state index contributed by atoms with van der Waals surface area (Å²) in [5.74, 6) is 0. The Kier molecular flexibility index (Phi) is 226. The van der Waals surface area contributed by atoms with Crippen molar-refractivity contribution in [2.75, 3.05) is 0 Å². The summed E-state index contributed by atoms with van der Waals surface area (Å²) < 4.78 is 0. The molecule has 0 atom stereocenters. The molecule has 0 rings (SSSR count). The van der Waals surface area contributed by atoms with Crippen molar-refractivity contribution < 1.29 is 0 Å². The number of allylic oxidation sites excluding steroid dienone is 1. The smallest absolute Gasteiger partial charge is 0.0473 e. The van der Waals surface area contributed by atoms with Crippen molar-refractivity contribution in [1.82, 2.24) is 0 Å². The second kappa shape index (κ2) is 111. The Balaban J connectivity index is -0.0000000315. The Hall–Kier alpha value is -0.520. The summed E-state index contributed by atoms with van der Waals surface area (Å²) in [6, 6.07) is 0. The molecular weight excluding hydrogens is 132 g/mol. The second-order valence-electron chi connectivity index (χ2n) is 1.41. The first-order valence-corrected chi connectivity index (χ1v) is 4.40. The fourth-order valence-corrected chi connectivity index (χ4v) is 0. The summed E-state index contributed by atoms with van der Waals surface area (Å²) in [6.45, 7) is 19.6. The first-order valence-electron chi connectivity index (χ1n) is 4.40. The molecule has 0 unspecified atom stereocenters. The normalized spacial score (nSPS) is 4.82. The molecule has 0 aliphatic heterocycles. The van der Waals surface area contributed by atoms with E-state index in [1.165, 1.54) is 12.8 Å². The van der Waals surface area contributed by atoms with Crippen LogP contribution in [0.4, 0.5) is 0 Å². The molecule has 0 aromatic heterocycles. The molecule has 0 heterocycles. The third-order valence-electron chi connectivity index (χ3n) is 0.500. The molecule has 0 aromatic carbocycles. The molecule has 0 aliphatic rings. The van der Waals surface area contributed by atoms with E-state index in [-0.39, 0.29) is 0 Å². The zero-order valence-electron chi connectivity index (χ0n) is 9.11. The predicted molar refractivity (Wildman–Crippen MR) is 59.1 cm³/mol. The zero-order valence-corrected chi connectivity index (χ0v) is 9.11. The Morgan fingerprint density at radius 2 is 1.09 bits per heavy atom. The van der Waals surface area contributed by atoms with Crippen molar-refractivity contribution in [3.8, 4) is 0 Å². The molecule has 0 amide bonds. The van der Waals surface area contributed by atoms with Crippen LogP contribution in [0, 0.1) is 0 Å². The Bertz CT molecular complexity index is 27.0. The molecule has 0 radical (unpaired) electrons. The monoisotopic (exact) mass is 158 g/mol. The van der Waals surface area contributed by atoms with E-state index in [9.17, 15) is 0 Å². The maximum absolute atomic E-state index is 3.36. The fourth-order valence-electron chi connectivity index (χ4n) is 0. The minimum atomic E-state index is 1.32. The minimum absolute atomic E-state index is 1.32. The predicted octanol–water partition coefficient (Wildman–Crippen LogP) is 4.83. The van der Waals surface area contributed by atoms with Crippen molar-refractivity contribution >= 4 is 0 Å². The van der Waals surface area contributed by atoms with Gasteiger partial charge in [-0.15, -0.1) is 19.7 Å². The highest BCUT2D eigenvalue weighted by molar-refractivity contribution is 4.51. The maximum Gasteiger partial charge on any atom is -0.0473 e. The first kappa shape index (κ1) is 22.4. The average Bonchev–Trinajstić information content (AvgIpc) is 2.12. The molecule has 0 saturated carbocycles. The molecule has 70 valence electrons. The molecule has 0 bridgehead atoms. The largest absolute Gasteiger partial charge is 0.106 e. The van der Waals surface area contributed by atoms with Crippen LogP contribution in [-0.4, -0.2) is 0 Å². The molecule has 11 heavy (non-hydrogen) atoms. The van der Waals surface area contributed by atoms with Gasteiger partial charge in [-0.2, -0.15) is 0 Å². The summed E-state index contributed by atoms with van der Waals surface area (Å²) in [4.78, 5) is 0. The van der Waals surface area contributed by atoms with Crippen LogP contribution in [0.25, 0.3) is 0 Å². The molecule has 0 spiro atoms. The number of rotatable bonds is 1. The summed E-state index contributed by atoms with van der Waals surface area (Å²) in [5.41, 5.74) is 0. The van der Waals surface area contributed by atoms with Gasteiger partial charge < -0.3 is 0 Å². The van der Waals surface area contributed by atoms with Gasteiger partial charge in [-0.3, -0.25) is 0 Å². The van der Waals surface area contributed by atoms with Crippen molar-refractivity contribution in [3.05, 3.63) is 25.8 Å². The summed E-state index contributed by atoms with van der Waals surface area (Å²) in [6.07, 6.45) is 4.39. The number of hydrogen-bond donors (Lipinski definition) is 0. The van der Waals surface area contributed by atoms with E-state index in [0.717, 1.165) is 0 Å². The molecule has 0 N–H and O–H groups in total. The summed E-state index contributed by atoms with van der Waals surface area (Å²) in [5, 5.41) is 0. The third kappa shape index (κ3) is 2300. The molecule has 0 fully saturated rings. The highest BCUT2D eigenvalue weighted by atomic mass is 13.6. The Morgan fingerprint density at radius 1 is 1.00 bits per heavy atom. The molecular formula is C11H26. The average molecular weight is 158 g/mol. The van der Waals surface area contributed by atoms with Gasteiger partial charge in [-0.25, -0.2) is 0 Å². The Morgan fingerprint density at radius 3 is 1.09 bits per heavy atom. The molecule has 0 aliphatic carbocycles. The van der Waals surface area contributed by atoms with Gasteiger partial charge in [0.1, 0.15) is 0 Å². The van der Waals surface area contributed by atoms with E-state index in [0.29, 0.717) is 0 Å². The van der Waals surface area contributed by atoms with E-state index in [1.54, 1.807) is 6.08 Å². The van der Waals surface area contributed by atoms with Gasteiger partial charge in [0.25, 0.3) is 0 Å². The number of hydrogen-bond acceptors (Lipinski definition) is 0. The lowest BCUT2D eigenvalue weighted by Crippen LogP contribution is -1.47. The lowest BCUT2D eigenvalue weighted by atomic mass is 10.4. The van der Waals surface area contributed by atoms with Gasteiger partial charge >= 0.3 is 0 Å². The van der Waals surface area contributed by atoms with Crippen LogP contribution in [0.2, 0.25) is 0 Å². The number of unbranched alkanes of at least 4 members (excludes halogenated alkanes) is 1. The van der Waals surface area contributed by atoms with Gasteiger partial charge in [0.2, 0.25) is 0 Å². The minimum Gasteiger partial charge on any atom is -0.106 e. The topological polar surface area (TPSA) is 0 Å².